The van der Waals surface area contributed by atoms with E-state index in [2.05, 4.69) is 169 Å². The van der Waals surface area contributed by atoms with Crippen molar-refractivity contribution in [3.05, 3.63) is 134 Å². The van der Waals surface area contributed by atoms with Gasteiger partial charge in [0.2, 0.25) is 0 Å². The number of hydrogen-bond acceptors (Lipinski definition) is 1. The van der Waals surface area contributed by atoms with Crippen LogP contribution in [0.1, 0.15) is 0 Å². The van der Waals surface area contributed by atoms with Crippen molar-refractivity contribution in [2.75, 3.05) is 4.67 Å². The normalized spacial score (nSPS) is 13.8. The number of nitrogens with zero attached hydrogens (tertiary/aromatic N) is 5. The molecule has 52 heavy (non-hydrogen) atoms. The Labute approximate surface area is 301 Å². The molecule has 0 N–H and O–H groups in total. The Balaban J connectivity index is 1.39. The van der Waals surface area contributed by atoms with Crippen LogP contribution in [0.3, 0.4) is 0 Å². The van der Waals surface area contributed by atoms with Crippen LogP contribution in [0.25, 0.3) is 87.5 Å². The monoisotopic (exact) mass is 697 g/mol. The van der Waals surface area contributed by atoms with E-state index in [1.54, 1.807) is 0 Å². The molecule has 0 fully saturated rings. The molecule has 0 atom stereocenters. The summed E-state index contributed by atoms with van der Waals surface area (Å²) in [4.78, 5) is 0. The predicted molar refractivity (Wildman–Crippen MR) is 227 cm³/mol. The molecule has 9 aromatic rings. The molecule has 13 rings (SSSR count). The van der Waals surface area contributed by atoms with Gasteiger partial charge in [0.15, 0.2) is 0 Å². The first-order valence-corrected chi connectivity index (χ1v) is 19.6. The van der Waals surface area contributed by atoms with Gasteiger partial charge in [0.1, 0.15) is 0 Å². The lowest BCUT2D eigenvalue weighted by atomic mass is 9.45. The molecule has 5 nitrogen and oxygen atoms in total. The molecule has 0 spiro atoms. The molecule has 0 amide bonds. The van der Waals surface area contributed by atoms with E-state index in [9.17, 15) is 0 Å². The number of aromatic nitrogens is 4. The van der Waals surface area contributed by atoms with Gasteiger partial charge in [0.25, 0.3) is 0 Å². The Morgan fingerprint density at radius 3 is 2.00 bits per heavy atom. The van der Waals surface area contributed by atoms with Crippen LogP contribution in [-0.4, -0.2) is 37.5 Å². The summed E-state index contributed by atoms with van der Waals surface area (Å²) in [5.41, 5.74) is 14.8. The van der Waals surface area contributed by atoms with Gasteiger partial charge in [-0.25, -0.2) is 4.68 Å². The van der Waals surface area contributed by atoms with Gasteiger partial charge < -0.3 is 4.48 Å². The molecule has 240 valence electrons. The highest BCUT2D eigenvalue weighted by Crippen LogP contribution is 2.52. The van der Waals surface area contributed by atoms with E-state index < -0.39 is 0 Å². The average Bonchev–Trinajstić information content (AvgIpc) is 3.82. The number of para-hydroxylation sites is 2. The van der Waals surface area contributed by atoms with Crippen LogP contribution in [-0.2, 0) is 0 Å². The number of fused-ring (bicyclic) bond motifs is 12. The summed E-state index contributed by atoms with van der Waals surface area (Å²) in [5, 5.41) is 9.95. The van der Waals surface area contributed by atoms with Gasteiger partial charge >= 0.3 is 6.85 Å². The van der Waals surface area contributed by atoms with Crippen molar-refractivity contribution in [1.82, 2.24) is 18.0 Å². The molecule has 2 aromatic heterocycles. The van der Waals surface area contributed by atoms with E-state index in [4.69, 9.17) is 0 Å². The standard InChI is InChI=1S/C44H26BN5P2/c1-51-49-34-22-28-10-4-3-9-27(28)21-33(34)45-39-37(31-15-7-13-25-17-19-46(45)40(25)31)38-32-16-8-14-26-18-20-47(41(26)32)48-35-23-29-11-5-6-12-30(29)24-36(35)50(52-2)44(42(38)48)43(39)49/h3-24H,1-2H2. The predicted octanol–water partition coefficient (Wildman–Crippen LogP) is 10.2. The van der Waals surface area contributed by atoms with E-state index >= 15 is 0 Å². The largest absolute Gasteiger partial charge is 0.382 e. The van der Waals surface area contributed by atoms with Crippen LogP contribution < -0.4 is 15.6 Å². The lowest BCUT2D eigenvalue weighted by Crippen LogP contribution is -2.56. The molecule has 8 heteroatoms. The molecule has 0 saturated heterocycles. The summed E-state index contributed by atoms with van der Waals surface area (Å²) in [6.45, 7) is -0.0285. The molecular formula is C44H26BN5P2. The highest BCUT2D eigenvalue weighted by Gasteiger charge is 2.45. The molecule has 0 saturated carbocycles. The minimum atomic E-state index is -0.0285. The number of benzene rings is 7. The third kappa shape index (κ3) is 3.09. The molecule has 4 aliphatic heterocycles. The molecule has 0 radical (unpaired) electrons. The quantitative estimate of drug-likeness (QED) is 0.0763. The van der Waals surface area contributed by atoms with Crippen LogP contribution in [0.15, 0.2) is 134 Å². The third-order valence-corrected chi connectivity index (χ3v) is 13.2. The highest BCUT2D eigenvalue weighted by molar-refractivity contribution is 7.39. The number of anilines is 2. The summed E-state index contributed by atoms with van der Waals surface area (Å²) < 4.78 is 12.3. The Hall–Kier alpha value is -6.06. The zero-order valence-corrected chi connectivity index (χ0v) is 29.6. The minimum absolute atomic E-state index is 0.0285. The maximum Gasteiger partial charge on any atom is 0.332 e. The van der Waals surface area contributed by atoms with Crippen molar-refractivity contribution < 1.29 is 0 Å². The molecule has 7 aromatic carbocycles. The van der Waals surface area contributed by atoms with Crippen LogP contribution in [0.5, 0.6) is 0 Å². The van der Waals surface area contributed by atoms with E-state index in [1.807, 2.05) is 0 Å². The fourth-order valence-corrected chi connectivity index (χ4v) is 11.2. The Bertz CT molecular complexity index is 3430. The molecule has 0 aliphatic carbocycles. The number of hydrogen-bond donors (Lipinski definition) is 0. The second-order valence-electron chi connectivity index (χ2n) is 14.1. The third-order valence-electron chi connectivity index (χ3n) is 11.8. The first kappa shape index (κ1) is 27.6. The van der Waals surface area contributed by atoms with Gasteiger partial charge in [0.05, 0.1) is 33.4 Å². The van der Waals surface area contributed by atoms with Gasteiger partial charge in [-0.2, -0.15) is 0 Å². The van der Waals surface area contributed by atoms with Crippen molar-refractivity contribution in [1.29, 1.82) is 0 Å². The van der Waals surface area contributed by atoms with Crippen LogP contribution in [0.4, 0.5) is 11.4 Å². The lowest BCUT2D eigenvalue weighted by Gasteiger charge is -2.41. The van der Waals surface area contributed by atoms with Crippen molar-refractivity contribution >= 4 is 129 Å². The van der Waals surface area contributed by atoms with Crippen molar-refractivity contribution in [2.24, 2.45) is 0 Å². The number of rotatable bonds is 2. The van der Waals surface area contributed by atoms with Gasteiger partial charge in [0, 0.05) is 55.8 Å². The van der Waals surface area contributed by atoms with E-state index in [0.29, 0.717) is 0 Å². The van der Waals surface area contributed by atoms with Crippen molar-refractivity contribution in [2.45, 2.75) is 0 Å². The van der Waals surface area contributed by atoms with E-state index in [0.717, 1.165) is 27.7 Å². The zero-order valence-electron chi connectivity index (χ0n) is 27.8. The second-order valence-corrected chi connectivity index (χ2v) is 15.5. The summed E-state index contributed by atoms with van der Waals surface area (Å²) >= 11 is 0. The Morgan fingerprint density at radius 1 is 0.558 bits per heavy atom. The Morgan fingerprint density at radius 2 is 1.23 bits per heavy atom. The smallest absolute Gasteiger partial charge is 0.332 e. The van der Waals surface area contributed by atoms with Crippen LogP contribution in [0, 0.1) is 0 Å². The Kier molecular flexibility index (Phi) is 5.01. The summed E-state index contributed by atoms with van der Waals surface area (Å²) in [5.74, 6) is 0. The molecule has 0 unspecified atom stereocenters. The summed E-state index contributed by atoms with van der Waals surface area (Å²) in [7, 11) is 1.79. The zero-order chi connectivity index (χ0) is 34.0. The SMILES string of the molecule is C=PN1c2cc3ccccc3cc2B2c3c(c4c5c(c31)n(P=C)c1cc3ccccc3cc1n-5n1ccc3cccc4c31)-c1cccc3ccn2c13. The van der Waals surface area contributed by atoms with Crippen molar-refractivity contribution in [3.8, 4) is 16.8 Å². The van der Waals surface area contributed by atoms with Gasteiger partial charge in [-0.15, -0.1) is 0 Å². The van der Waals surface area contributed by atoms with E-state index in [-0.39, 0.29) is 6.85 Å². The molecule has 6 heterocycles. The lowest BCUT2D eigenvalue weighted by molar-refractivity contribution is 0.819. The van der Waals surface area contributed by atoms with Crippen LogP contribution >= 0.6 is 16.7 Å². The fraction of sp³-hybridized carbons (Fsp3) is 0. The first-order valence-electron chi connectivity index (χ1n) is 17.6. The van der Waals surface area contributed by atoms with Crippen LogP contribution in [0.2, 0.25) is 0 Å². The van der Waals surface area contributed by atoms with Gasteiger partial charge in [-0.1, -0.05) is 104 Å². The second kappa shape index (κ2) is 9.43. The van der Waals surface area contributed by atoms with E-state index in [1.165, 1.54) is 98.8 Å². The van der Waals surface area contributed by atoms with Gasteiger partial charge in [-0.3, -0.25) is 13.5 Å². The highest BCUT2D eigenvalue weighted by atomic mass is 31.1. The maximum atomic E-state index is 4.61. The molecular weight excluding hydrogens is 671 g/mol. The molecule has 4 aliphatic rings. The topological polar surface area (TPSA) is 22.4 Å². The van der Waals surface area contributed by atoms with Gasteiger partial charge in [-0.05, 0) is 79.9 Å². The summed E-state index contributed by atoms with van der Waals surface area (Å²) in [6, 6.07) is 45.2. The summed E-state index contributed by atoms with van der Waals surface area (Å²) in [6.07, 6.45) is 13.8. The van der Waals surface area contributed by atoms with Crippen molar-refractivity contribution in [3.63, 3.8) is 0 Å². The first-order chi connectivity index (χ1) is 25.7. The average molecular weight is 697 g/mol. The fourth-order valence-electron chi connectivity index (χ4n) is 9.87. The minimum Gasteiger partial charge on any atom is -0.382 e. The molecule has 0 bridgehead atoms. The maximum absolute atomic E-state index is 4.61.